The number of nitrogens with one attached hydrogen (secondary N) is 1. The van der Waals surface area contributed by atoms with Crippen molar-refractivity contribution in [1.82, 2.24) is 10.2 Å². The maximum Gasteiger partial charge on any atom is 0.264 e. The van der Waals surface area contributed by atoms with Crippen molar-refractivity contribution >= 4 is 50.7 Å². The highest BCUT2D eigenvalue weighted by molar-refractivity contribution is 7.92. The first-order chi connectivity index (χ1) is 20.5. The summed E-state index contributed by atoms with van der Waals surface area (Å²) in [5.74, 6) is -0.554. The number of carbonyl (C=O) groups excluding carboxylic acids is 2. The average Bonchev–Trinajstić information content (AvgIpc) is 3.50. The van der Waals surface area contributed by atoms with Gasteiger partial charge in [0.05, 0.1) is 27.2 Å². The molecule has 0 saturated heterocycles. The van der Waals surface area contributed by atoms with Crippen LogP contribution < -0.4 is 14.4 Å². The predicted octanol–water partition coefficient (Wildman–Crippen LogP) is 6.37. The van der Waals surface area contributed by atoms with Crippen molar-refractivity contribution in [3.63, 3.8) is 0 Å². The minimum atomic E-state index is -4.22. The molecule has 1 atom stereocenters. The molecule has 4 rings (SSSR count). The van der Waals surface area contributed by atoms with Gasteiger partial charge >= 0.3 is 0 Å². The summed E-state index contributed by atoms with van der Waals surface area (Å²) in [6.07, 6.45) is 3.85. The van der Waals surface area contributed by atoms with Crippen molar-refractivity contribution in [2.45, 2.75) is 70.0 Å². The summed E-state index contributed by atoms with van der Waals surface area (Å²) >= 11 is 12.4. The highest BCUT2D eigenvalue weighted by Gasteiger charge is 2.34. The van der Waals surface area contributed by atoms with E-state index in [1.54, 1.807) is 68.4 Å². The number of halogens is 2. The van der Waals surface area contributed by atoms with E-state index in [2.05, 4.69) is 5.32 Å². The summed E-state index contributed by atoms with van der Waals surface area (Å²) in [7, 11) is -4.22. The van der Waals surface area contributed by atoms with E-state index in [1.807, 2.05) is 6.92 Å². The predicted molar refractivity (Wildman–Crippen MR) is 170 cm³/mol. The topological polar surface area (TPSA) is 96.0 Å². The van der Waals surface area contributed by atoms with Crippen molar-refractivity contribution in [2.24, 2.45) is 0 Å². The van der Waals surface area contributed by atoms with Crippen LogP contribution in [-0.4, -0.2) is 50.4 Å². The van der Waals surface area contributed by atoms with Crippen LogP contribution in [0, 0.1) is 6.92 Å². The summed E-state index contributed by atoms with van der Waals surface area (Å²) in [6.45, 7) is 5.05. The van der Waals surface area contributed by atoms with Crippen LogP contribution in [0.2, 0.25) is 10.0 Å². The number of nitrogens with zero attached hydrogens (tertiary/aromatic N) is 2. The lowest BCUT2D eigenvalue weighted by Crippen LogP contribution is -2.52. The van der Waals surface area contributed by atoms with Gasteiger partial charge in [0.15, 0.2) is 0 Å². The molecule has 0 heterocycles. The number of amides is 2. The van der Waals surface area contributed by atoms with Crippen LogP contribution in [0.4, 0.5) is 5.69 Å². The number of para-hydroxylation sites is 2. The van der Waals surface area contributed by atoms with Gasteiger partial charge < -0.3 is 15.0 Å². The zero-order valence-corrected chi connectivity index (χ0v) is 26.9. The molecule has 0 aromatic heterocycles. The Balaban J connectivity index is 1.73. The Morgan fingerprint density at radius 2 is 1.67 bits per heavy atom. The van der Waals surface area contributed by atoms with Gasteiger partial charge in [0.1, 0.15) is 18.3 Å². The number of hydrogen-bond acceptors (Lipinski definition) is 5. The highest BCUT2D eigenvalue weighted by Crippen LogP contribution is 2.33. The van der Waals surface area contributed by atoms with Gasteiger partial charge in [-0.15, -0.1) is 0 Å². The molecule has 1 N–H and O–H groups in total. The van der Waals surface area contributed by atoms with Crippen molar-refractivity contribution in [3.8, 4) is 5.75 Å². The molecule has 0 bridgehead atoms. The van der Waals surface area contributed by atoms with E-state index in [0.29, 0.717) is 28.0 Å². The van der Waals surface area contributed by atoms with Gasteiger partial charge in [0.2, 0.25) is 11.8 Å². The summed E-state index contributed by atoms with van der Waals surface area (Å²) in [6, 6.07) is 17.2. The molecule has 3 aromatic rings. The zero-order valence-electron chi connectivity index (χ0n) is 24.6. The Kier molecular flexibility index (Phi) is 11.0. The molecule has 0 unspecified atom stereocenters. The molecule has 0 aliphatic heterocycles. The van der Waals surface area contributed by atoms with Gasteiger partial charge in [0, 0.05) is 12.6 Å². The smallest absolute Gasteiger partial charge is 0.264 e. The Hall–Kier alpha value is -3.27. The molecule has 1 fully saturated rings. The van der Waals surface area contributed by atoms with Crippen LogP contribution in [0.15, 0.2) is 71.6 Å². The fourth-order valence-corrected chi connectivity index (χ4v) is 6.85. The minimum absolute atomic E-state index is 0.0144. The minimum Gasteiger partial charge on any atom is -0.492 e. The number of sulfonamides is 1. The third kappa shape index (κ3) is 8.02. The highest BCUT2D eigenvalue weighted by atomic mass is 35.5. The summed E-state index contributed by atoms with van der Waals surface area (Å²) in [5, 5.41) is 3.73. The number of ether oxygens (including phenoxy) is 1. The maximum absolute atomic E-state index is 14.2. The first-order valence-corrected chi connectivity index (χ1v) is 16.6. The fraction of sp³-hybridized carbons (Fsp3) is 0.375. The lowest BCUT2D eigenvalue weighted by atomic mass is 10.1. The third-order valence-electron chi connectivity index (χ3n) is 7.53. The van der Waals surface area contributed by atoms with E-state index in [0.717, 1.165) is 35.6 Å². The van der Waals surface area contributed by atoms with Gasteiger partial charge in [-0.3, -0.25) is 13.9 Å². The lowest BCUT2D eigenvalue weighted by molar-refractivity contribution is -0.139. The summed E-state index contributed by atoms with van der Waals surface area (Å²) in [4.78, 5) is 29.0. The van der Waals surface area contributed by atoms with Crippen molar-refractivity contribution in [3.05, 3.63) is 87.9 Å². The molecule has 0 spiro atoms. The van der Waals surface area contributed by atoms with E-state index in [4.69, 9.17) is 27.9 Å². The first-order valence-electron chi connectivity index (χ1n) is 14.4. The Labute approximate surface area is 264 Å². The van der Waals surface area contributed by atoms with Gasteiger partial charge in [0.25, 0.3) is 10.0 Å². The van der Waals surface area contributed by atoms with Gasteiger partial charge in [-0.05, 0) is 75.6 Å². The number of aryl methyl sites for hydroxylation is 1. The number of anilines is 1. The number of benzene rings is 3. The van der Waals surface area contributed by atoms with Crippen LogP contribution in [0.3, 0.4) is 0 Å². The van der Waals surface area contributed by atoms with Crippen LogP contribution in [0.25, 0.3) is 0 Å². The van der Waals surface area contributed by atoms with Gasteiger partial charge in [-0.25, -0.2) is 8.42 Å². The molecule has 11 heteroatoms. The van der Waals surface area contributed by atoms with Gasteiger partial charge in [-0.2, -0.15) is 0 Å². The Bertz CT molecular complexity index is 1540. The van der Waals surface area contributed by atoms with E-state index >= 15 is 0 Å². The summed E-state index contributed by atoms with van der Waals surface area (Å²) in [5.41, 5.74) is 1.76. The second-order valence-corrected chi connectivity index (χ2v) is 13.3. The fourth-order valence-electron chi connectivity index (χ4n) is 5.10. The molecule has 0 radical (unpaired) electrons. The molecule has 230 valence electrons. The average molecular weight is 647 g/mol. The van der Waals surface area contributed by atoms with E-state index in [1.165, 1.54) is 17.0 Å². The second-order valence-electron chi connectivity index (χ2n) is 10.7. The van der Waals surface area contributed by atoms with E-state index in [9.17, 15) is 18.0 Å². The molecule has 43 heavy (non-hydrogen) atoms. The maximum atomic E-state index is 14.2. The van der Waals surface area contributed by atoms with Crippen molar-refractivity contribution in [2.75, 3.05) is 17.5 Å². The van der Waals surface area contributed by atoms with E-state index in [-0.39, 0.29) is 29.1 Å². The Morgan fingerprint density at radius 3 is 2.33 bits per heavy atom. The molecule has 1 aliphatic carbocycles. The quantitative estimate of drug-likeness (QED) is 0.247. The normalized spacial score (nSPS) is 14.3. The summed E-state index contributed by atoms with van der Waals surface area (Å²) < 4.78 is 35.1. The molecule has 1 aliphatic rings. The van der Waals surface area contributed by atoms with Crippen molar-refractivity contribution < 1.29 is 22.7 Å². The number of rotatable bonds is 12. The molecular formula is C32H37Cl2N3O5S. The largest absolute Gasteiger partial charge is 0.492 e. The van der Waals surface area contributed by atoms with Crippen LogP contribution in [-0.2, 0) is 26.2 Å². The molecule has 8 nitrogen and oxygen atoms in total. The first kappa shape index (κ1) is 32.6. The lowest BCUT2D eigenvalue weighted by Gasteiger charge is -2.33. The SMILES string of the molecule is CCOc1ccccc1N(CC(=O)N(Cc1ccc(Cl)c(Cl)c1)[C@@H](C)C(=O)NC1CCCC1)S(=O)(=O)c1ccc(C)cc1. The molecular weight excluding hydrogens is 609 g/mol. The van der Waals surface area contributed by atoms with Crippen LogP contribution >= 0.6 is 23.2 Å². The number of hydrogen-bond donors (Lipinski definition) is 1. The van der Waals surface area contributed by atoms with Crippen molar-refractivity contribution in [1.29, 1.82) is 0 Å². The molecule has 3 aromatic carbocycles. The van der Waals surface area contributed by atoms with Gasteiger partial charge in [-0.1, -0.05) is 71.9 Å². The second kappa shape index (κ2) is 14.5. The van der Waals surface area contributed by atoms with Crippen LogP contribution in [0.1, 0.15) is 50.7 Å². The monoisotopic (exact) mass is 645 g/mol. The zero-order chi connectivity index (χ0) is 31.1. The Morgan fingerprint density at radius 1 is 1.00 bits per heavy atom. The standard InChI is InChI=1S/C32H37Cl2N3O5S/c1-4-42-30-12-8-7-11-29(30)37(43(40,41)26-16-13-22(2)14-17-26)21-31(38)36(20-24-15-18-27(33)28(34)19-24)23(3)32(39)35-25-9-5-6-10-25/h7-8,11-19,23,25H,4-6,9-10,20-21H2,1-3H3,(H,35,39)/t23-/m0/s1. The number of carbonyl (C=O) groups is 2. The molecule has 1 saturated carbocycles. The molecule has 2 amide bonds. The third-order valence-corrected chi connectivity index (χ3v) is 10.0. The van der Waals surface area contributed by atoms with E-state index < -0.39 is 28.5 Å². The van der Waals surface area contributed by atoms with Crippen LogP contribution in [0.5, 0.6) is 5.75 Å².